The second-order valence-corrected chi connectivity index (χ2v) is 7.50. The van der Waals surface area contributed by atoms with Crippen molar-refractivity contribution in [1.29, 1.82) is 0 Å². The molecule has 0 aliphatic rings. The summed E-state index contributed by atoms with van der Waals surface area (Å²) in [6.45, 7) is 0. The van der Waals surface area contributed by atoms with Gasteiger partial charge >= 0.3 is 0 Å². The first-order chi connectivity index (χ1) is 16.4. The second kappa shape index (κ2) is 9.71. The van der Waals surface area contributed by atoms with Gasteiger partial charge in [-0.3, -0.25) is 0 Å². The first-order valence-electron chi connectivity index (χ1n) is 10.8. The van der Waals surface area contributed by atoms with Crippen molar-refractivity contribution in [2.45, 2.75) is 0 Å². The van der Waals surface area contributed by atoms with Crippen LogP contribution in [0.25, 0.3) is 16.9 Å². The lowest BCUT2D eigenvalue weighted by molar-refractivity contribution is 0.884. The summed E-state index contributed by atoms with van der Waals surface area (Å²) in [7, 11) is 0. The Bertz CT molecular complexity index is 1330. The van der Waals surface area contributed by atoms with Crippen LogP contribution in [0, 0.1) is 0 Å². The number of rotatable bonds is 6. The van der Waals surface area contributed by atoms with Crippen LogP contribution in [0.1, 0.15) is 16.7 Å². The van der Waals surface area contributed by atoms with E-state index in [9.17, 15) is 0 Å². The van der Waals surface area contributed by atoms with Crippen molar-refractivity contribution in [3.63, 3.8) is 0 Å². The average molecular weight is 427 g/mol. The Hall–Kier alpha value is -4.57. The zero-order chi connectivity index (χ0) is 22.3. The van der Waals surface area contributed by atoms with Crippen LogP contribution in [0.5, 0.6) is 0 Å². The summed E-state index contributed by atoms with van der Waals surface area (Å²) >= 11 is 0. The van der Waals surface area contributed by atoms with E-state index in [0.717, 1.165) is 39.3 Å². The van der Waals surface area contributed by atoms with E-state index in [1.54, 1.807) is 6.21 Å². The highest BCUT2D eigenvalue weighted by Gasteiger charge is 2.11. The van der Waals surface area contributed by atoms with Crippen LogP contribution in [0.15, 0.2) is 138 Å². The maximum Gasteiger partial charge on any atom is 0.102 e. The fourth-order valence-corrected chi connectivity index (χ4v) is 3.64. The zero-order valence-electron chi connectivity index (χ0n) is 18.0. The molecule has 0 N–H and O–H groups in total. The van der Waals surface area contributed by atoms with Crippen molar-refractivity contribution in [1.82, 2.24) is 9.78 Å². The molecular weight excluding hydrogens is 404 g/mol. The monoisotopic (exact) mass is 426 g/mol. The maximum absolute atomic E-state index is 4.84. The van der Waals surface area contributed by atoms with E-state index in [1.165, 1.54) is 0 Å². The van der Waals surface area contributed by atoms with E-state index < -0.39 is 0 Å². The van der Waals surface area contributed by atoms with Gasteiger partial charge in [0.2, 0.25) is 0 Å². The molecule has 158 valence electrons. The minimum atomic E-state index is 0.823. The number of para-hydroxylation sites is 1. The normalized spacial score (nSPS) is 10.9. The van der Waals surface area contributed by atoms with Gasteiger partial charge < -0.3 is 0 Å². The molecule has 0 aliphatic carbocycles. The predicted octanol–water partition coefficient (Wildman–Crippen LogP) is 6.41. The van der Waals surface area contributed by atoms with Crippen molar-refractivity contribution in [3.8, 4) is 16.9 Å². The highest BCUT2D eigenvalue weighted by molar-refractivity contribution is 6.13. The van der Waals surface area contributed by atoms with Crippen molar-refractivity contribution >= 4 is 11.9 Å². The van der Waals surface area contributed by atoms with Crippen LogP contribution < -0.4 is 0 Å². The fraction of sp³-hybridized carbons (Fsp3) is 0. The largest absolute Gasteiger partial charge is 0.240 e. The molecule has 0 unspecified atom stereocenters. The lowest BCUT2D eigenvalue weighted by Crippen LogP contribution is -2.02. The molecular formula is C29H22N4. The Morgan fingerprint density at radius 2 is 1.15 bits per heavy atom. The third-order valence-corrected chi connectivity index (χ3v) is 5.26. The van der Waals surface area contributed by atoms with Crippen LogP contribution in [0.4, 0.5) is 0 Å². The molecule has 4 nitrogen and oxygen atoms in total. The summed E-state index contributed by atoms with van der Waals surface area (Å²) in [5.41, 5.74) is 6.64. The lowest BCUT2D eigenvalue weighted by Gasteiger charge is -2.05. The van der Waals surface area contributed by atoms with Crippen molar-refractivity contribution in [2.24, 2.45) is 10.2 Å². The molecule has 0 bridgehead atoms. The average Bonchev–Trinajstić information content (AvgIpc) is 3.33. The fourth-order valence-electron chi connectivity index (χ4n) is 3.64. The number of benzene rings is 4. The molecule has 0 radical (unpaired) electrons. The van der Waals surface area contributed by atoms with Gasteiger partial charge in [0.05, 0.1) is 11.9 Å². The standard InChI is InChI=1S/C29H22N4/c1-5-13-23(14-6-1)28(24-15-7-2-8-16-24)31-30-21-26-22-33(27-19-11-4-12-20-27)32-29(26)25-17-9-3-10-18-25/h1-22H. The topological polar surface area (TPSA) is 42.5 Å². The van der Waals surface area contributed by atoms with Gasteiger partial charge in [-0.05, 0) is 12.1 Å². The number of hydrogen-bond acceptors (Lipinski definition) is 3. The number of aromatic nitrogens is 2. The molecule has 4 aromatic carbocycles. The highest BCUT2D eigenvalue weighted by atomic mass is 15.3. The molecule has 5 aromatic rings. The summed E-state index contributed by atoms with van der Waals surface area (Å²) < 4.78 is 1.88. The van der Waals surface area contributed by atoms with Gasteiger partial charge in [0, 0.05) is 28.5 Å². The van der Waals surface area contributed by atoms with Crippen LogP contribution in [-0.2, 0) is 0 Å². The van der Waals surface area contributed by atoms with E-state index in [4.69, 9.17) is 5.10 Å². The van der Waals surface area contributed by atoms with Crippen LogP contribution >= 0.6 is 0 Å². The van der Waals surface area contributed by atoms with Gasteiger partial charge in [-0.2, -0.15) is 10.2 Å². The van der Waals surface area contributed by atoms with Gasteiger partial charge in [0.15, 0.2) is 0 Å². The Kier molecular flexibility index (Phi) is 5.98. The molecule has 33 heavy (non-hydrogen) atoms. The lowest BCUT2D eigenvalue weighted by atomic mass is 10.0. The van der Waals surface area contributed by atoms with Crippen LogP contribution in [0.2, 0.25) is 0 Å². The molecule has 0 saturated heterocycles. The summed E-state index contributed by atoms with van der Waals surface area (Å²) in [4.78, 5) is 0. The van der Waals surface area contributed by atoms with Gasteiger partial charge in [0.1, 0.15) is 11.4 Å². The second-order valence-electron chi connectivity index (χ2n) is 7.50. The van der Waals surface area contributed by atoms with Crippen LogP contribution in [-0.4, -0.2) is 21.7 Å². The Morgan fingerprint density at radius 1 is 0.636 bits per heavy atom. The van der Waals surface area contributed by atoms with Gasteiger partial charge in [-0.1, -0.05) is 109 Å². The van der Waals surface area contributed by atoms with Crippen molar-refractivity contribution < 1.29 is 0 Å². The molecule has 0 spiro atoms. The smallest absolute Gasteiger partial charge is 0.102 e. The molecule has 0 atom stereocenters. The molecule has 5 rings (SSSR count). The summed E-state index contributed by atoms with van der Waals surface area (Å²) in [5.74, 6) is 0. The molecule has 0 fully saturated rings. The summed E-state index contributed by atoms with van der Waals surface area (Å²) in [6.07, 6.45) is 3.77. The minimum Gasteiger partial charge on any atom is -0.240 e. The van der Waals surface area contributed by atoms with E-state index in [2.05, 4.69) is 22.3 Å². The van der Waals surface area contributed by atoms with Crippen LogP contribution in [0.3, 0.4) is 0 Å². The van der Waals surface area contributed by atoms with Gasteiger partial charge in [0.25, 0.3) is 0 Å². The molecule has 1 heterocycles. The Balaban J connectivity index is 1.56. The minimum absolute atomic E-state index is 0.823. The maximum atomic E-state index is 4.84. The van der Waals surface area contributed by atoms with Gasteiger partial charge in [-0.25, -0.2) is 4.68 Å². The molecule has 0 amide bonds. The molecule has 0 saturated carbocycles. The third kappa shape index (κ3) is 4.70. The van der Waals surface area contributed by atoms with E-state index in [-0.39, 0.29) is 0 Å². The zero-order valence-corrected chi connectivity index (χ0v) is 18.0. The predicted molar refractivity (Wildman–Crippen MR) is 135 cm³/mol. The Labute approximate surface area is 193 Å². The van der Waals surface area contributed by atoms with Crippen molar-refractivity contribution in [2.75, 3.05) is 0 Å². The summed E-state index contributed by atoms with van der Waals surface area (Å²) in [6, 6.07) is 40.4. The quantitative estimate of drug-likeness (QED) is 0.228. The first-order valence-corrected chi connectivity index (χ1v) is 10.8. The summed E-state index contributed by atoms with van der Waals surface area (Å²) in [5, 5.41) is 14.0. The SMILES string of the molecule is C(=NN=C(c1ccccc1)c1ccccc1)c1cn(-c2ccccc2)nc1-c1ccccc1. The van der Waals surface area contributed by atoms with E-state index >= 15 is 0 Å². The molecule has 0 aliphatic heterocycles. The van der Waals surface area contributed by atoms with E-state index in [1.807, 2.05) is 120 Å². The third-order valence-electron chi connectivity index (χ3n) is 5.26. The first kappa shape index (κ1) is 20.3. The van der Waals surface area contributed by atoms with Gasteiger partial charge in [-0.15, -0.1) is 5.10 Å². The van der Waals surface area contributed by atoms with E-state index in [0.29, 0.717) is 0 Å². The number of hydrogen-bond donors (Lipinski definition) is 0. The molecule has 4 heteroatoms. The Morgan fingerprint density at radius 3 is 1.73 bits per heavy atom. The number of nitrogens with zero attached hydrogens (tertiary/aromatic N) is 4. The highest BCUT2D eigenvalue weighted by Crippen LogP contribution is 2.22. The van der Waals surface area contributed by atoms with Crippen molar-refractivity contribution in [3.05, 3.63) is 144 Å². The molecule has 1 aromatic heterocycles.